The molecular weight excluding hydrogens is 286 g/mol. The molecule has 0 radical (unpaired) electrons. The number of nitrogens with one attached hydrogen (secondary N) is 2. The Kier molecular flexibility index (Phi) is 3.46. The number of carbonyl (C=O) groups excluding carboxylic acids is 1. The molecule has 0 spiro atoms. The summed E-state index contributed by atoms with van der Waals surface area (Å²) in [6.07, 6.45) is 2.97. The van der Waals surface area contributed by atoms with Gasteiger partial charge in [0.25, 0.3) is 0 Å². The van der Waals surface area contributed by atoms with Crippen molar-refractivity contribution in [2.45, 2.75) is 0 Å². The zero-order valence-corrected chi connectivity index (χ0v) is 11.8. The summed E-state index contributed by atoms with van der Waals surface area (Å²) in [5.41, 5.74) is 3.45. The predicted molar refractivity (Wildman–Crippen MR) is 85.4 cm³/mol. The number of amides is 1. The normalized spacial score (nSPS) is 10.5. The van der Waals surface area contributed by atoms with Crippen LogP contribution in [0.1, 0.15) is 0 Å². The van der Waals surface area contributed by atoms with Crippen LogP contribution in [-0.2, 0) is 4.79 Å². The second kappa shape index (κ2) is 5.42. The first-order valence-electron chi connectivity index (χ1n) is 6.34. The molecule has 21 heavy (non-hydrogen) atoms. The molecule has 0 atom stereocenters. The van der Waals surface area contributed by atoms with Gasteiger partial charge in [0.2, 0.25) is 5.91 Å². The van der Waals surface area contributed by atoms with Gasteiger partial charge in [-0.25, -0.2) is 0 Å². The smallest absolute Gasteiger partial charge is 0.247 e. The molecule has 3 aromatic rings. The van der Waals surface area contributed by atoms with Crippen LogP contribution >= 0.6 is 11.6 Å². The van der Waals surface area contributed by atoms with Crippen LogP contribution in [0, 0.1) is 0 Å². The minimum atomic E-state index is -0.240. The zero-order valence-electron chi connectivity index (χ0n) is 11.1. The third kappa shape index (κ3) is 2.66. The minimum absolute atomic E-state index is 0.240. The number of aromatic nitrogens is 2. The van der Waals surface area contributed by atoms with E-state index >= 15 is 0 Å². The first-order valence-corrected chi connectivity index (χ1v) is 6.71. The monoisotopic (exact) mass is 297 g/mol. The lowest BCUT2D eigenvalue weighted by molar-refractivity contribution is -0.111. The van der Waals surface area contributed by atoms with Gasteiger partial charge in [0.1, 0.15) is 0 Å². The fourth-order valence-electron chi connectivity index (χ4n) is 2.15. The number of hydrogen-bond acceptors (Lipinski definition) is 2. The topological polar surface area (TPSA) is 57.8 Å². The molecule has 2 aromatic carbocycles. The molecule has 0 aliphatic rings. The summed E-state index contributed by atoms with van der Waals surface area (Å²) in [5, 5.41) is 11.1. The Balaban J connectivity index is 2.03. The SMILES string of the molecule is C=CC(=O)Nc1cccc(-c2cc(Cl)c3[nH]ncc3c2)c1. The highest BCUT2D eigenvalue weighted by Crippen LogP contribution is 2.30. The third-order valence-corrected chi connectivity index (χ3v) is 3.45. The van der Waals surface area contributed by atoms with E-state index in [2.05, 4.69) is 22.1 Å². The molecule has 0 saturated heterocycles. The van der Waals surface area contributed by atoms with Crippen LogP contribution in [0.4, 0.5) is 5.69 Å². The highest BCUT2D eigenvalue weighted by molar-refractivity contribution is 6.35. The van der Waals surface area contributed by atoms with Gasteiger partial charge in [-0.15, -0.1) is 0 Å². The Morgan fingerprint density at radius 2 is 2.14 bits per heavy atom. The molecule has 0 fully saturated rings. The van der Waals surface area contributed by atoms with E-state index in [1.54, 1.807) is 6.20 Å². The molecule has 0 aliphatic carbocycles. The van der Waals surface area contributed by atoms with Gasteiger partial charge in [0, 0.05) is 11.1 Å². The van der Waals surface area contributed by atoms with Crippen molar-refractivity contribution in [3.05, 3.63) is 60.3 Å². The number of hydrogen-bond donors (Lipinski definition) is 2. The molecule has 0 bridgehead atoms. The van der Waals surface area contributed by atoms with Gasteiger partial charge in [0.05, 0.1) is 16.7 Å². The maximum absolute atomic E-state index is 11.4. The van der Waals surface area contributed by atoms with Crippen molar-refractivity contribution < 1.29 is 4.79 Å². The van der Waals surface area contributed by atoms with E-state index in [-0.39, 0.29) is 5.91 Å². The summed E-state index contributed by atoms with van der Waals surface area (Å²) in [4.78, 5) is 11.4. The van der Waals surface area contributed by atoms with Crippen molar-refractivity contribution >= 4 is 34.1 Å². The van der Waals surface area contributed by atoms with Gasteiger partial charge in [-0.05, 0) is 41.5 Å². The number of rotatable bonds is 3. The van der Waals surface area contributed by atoms with E-state index in [4.69, 9.17) is 11.6 Å². The Bertz CT molecular complexity index is 838. The fraction of sp³-hybridized carbons (Fsp3) is 0. The highest BCUT2D eigenvalue weighted by atomic mass is 35.5. The maximum atomic E-state index is 11.4. The van der Waals surface area contributed by atoms with Gasteiger partial charge >= 0.3 is 0 Å². The fourth-order valence-corrected chi connectivity index (χ4v) is 2.42. The van der Waals surface area contributed by atoms with Gasteiger partial charge in [-0.2, -0.15) is 5.10 Å². The van der Waals surface area contributed by atoms with Gasteiger partial charge in [-0.3, -0.25) is 9.89 Å². The number of H-pyrrole nitrogens is 1. The van der Waals surface area contributed by atoms with Crippen molar-refractivity contribution in [2.24, 2.45) is 0 Å². The van der Waals surface area contributed by atoms with E-state index in [0.717, 1.165) is 22.0 Å². The van der Waals surface area contributed by atoms with Crippen LogP contribution in [0.5, 0.6) is 0 Å². The van der Waals surface area contributed by atoms with E-state index in [9.17, 15) is 4.79 Å². The molecule has 1 heterocycles. The third-order valence-electron chi connectivity index (χ3n) is 3.15. The lowest BCUT2D eigenvalue weighted by Gasteiger charge is -2.07. The van der Waals surface area contributed by atoms with E-state index in [1.165, 1.54) is 6.08 Å². The van der Waals surface area contributed by atoms with Crippen molar-refractivity contribution in [3.8, 4) is 11.1 Å². The summed E-state index contributed by atoms with van der Waals surface area (Å²) in [6.45, 7) is 3.44. The Labute approximate surface area is 126 Å². The molecule has 1 amide bonds. The van der Waals surface area contributed by atoms with E-state index < -0.39 is 0 Å². The highest BCUT2D eigenvalue weighted by Gasteiger charge is 2.07. The Morgan fingerprint density at radius 3 is 2.95 bits per heavy atom. The number of fused-ring (bicyclic) bond motifs is 1. The second-order valence-electron chi connectivity index (χ2n) is 4.57. The molecule has 0 unspecified atom stereocenters. The molecular formula is C16H12ClN3O. The van der Waals surface area contributed by atoms with Gasteiger partial charge < -0.3 is 5.32 Å². The largest absolute Gasteiger partial charge is 0.323 e. The molecule has 0 aliphatic heterocycles. The number of nitrogens with zero attached hydrogens (tertiary/aromatic N) is 1. The number of halogens is 1. The van der Waals surface area contributed by atoms with Crippen LogP contribution in [0.3, 0.4) is 0 Å². The number of carbonyl (C=O) groups is 1. The van der Waals surface area contributed by atoms with E-state index in [1.807, 2.05) is 36.4 Å². The minimum Gasteiger partial charge on any atom is -0.323 e. The number of anilines is 1. The van der Waals surface area contributed by atoms with Crippen LogP contribution in [0.25, 0.3) is 22.0 Å². The van der Waals surface area contributed by atoms with Gasteiger partial charge in [-0.1, -0.05) is 30.3 Å². The van der Waals surface area contributed by atoms with Crippen LogP contribution < -0.4 is 5.32 Å². The average molecular weight is 298 g/mol. The summed E-state index contributed by atoms with van der Waals surface area (Å²) in [7, 11) is 0. The second-order valence-corrected chi connectivity index (χ2v) is 4.97. The Hall–Kier alpha value is -2.59. The average Bonchev–Trinajstić information content (AvgIpc) is 2.96. The molecule has 0 saturated carbocycles. The molecule has 5 heteroatoms. The molecule has 3 rings (SSSR count). The predicted octanol–water partition coefficient (Wildman–Crippen LogP) is 4.01. The van der Waals surface area contributed by atoms with Crippen molar-refractivity contribution in [2.75, 3.05) is 5.32 Å². The van der Waals surface area contributed by atoms with Crippen LogP contribution in [-0.4, -0.2) is 16.1 Å². The van der Waals surface area contributed by atoms with Crippen molar-refractivity contribution in [1.82, 2.24) is 10.2 Å². The number of benzene rings is 2. The van der Waals surface area contributed by atoms with Crippen molar-refractivity contribution in [1.29, 1.82) is 0 Å². The van der Waals surface area contributed by atoms with Crippen LogP contribution in [0.2, 0.25) is 5.02 Å². The van der Waals surface area contributed by atoms with E-state index in [0.29, 0.717) is 10.7 Å². The zero-order chi connectivity index (χ0) is 14.8. The molecule has 1 aromatic heterocycles. The summed E-state index contributed by atoms with van der Waals surface area (Å²) < 4.78 is 0. The molecule has 2 N–H and O–H groups in total. The summed E-state index contributed by atoms with van der Waals surface area (Å²) in [6, 6.07) is 11.4. The maximum Gasteiger partial charge on any atom is 0.247 e. The summed E-state index contributed by atoms with van der Waals surface area (Å²) in [5.74, 6) is -0.240. The van der Waals surface area contributed by atoms with Gasteiger partial charge in [0.15, 0.2) is 0 Å². The van der Waals surface area contributed by atoms with Crippen LogP contribution in [0.15, 0.2) is 55.3 Å². The first-order chi connectivity index (χ1) is 10.2. The first kappa shape index (κ1) is 13.4. The quantitative estimate of drug-likeness (QED) is 0.718. The number of aromatic amines is 1. The molecule has 4 nitrogen and oxygen atoms in total. The lowest BCUT2D eigenvalue weighted by Crippen LogP contribution is -2.06. The standard InChI is InChI=1S/C16H12ClN3O/c1-2-15(21)19-13-5-3-4-10(7-13)11-6-12-9-18-20-16(12)14(17)8-11/h2-9H,1H2,(H,18,20)(H,19,21). The Morgan fingerprint density at radius 1 is 1.29 bits per heavy atom. The summed E-state index contributed by atoms with van der Waals surface area (Å²) >= 11 is 6.25. The molecule has 104 valence electrons. The lowest BCUT2D eigenvalue weighted by atomic mass is 10.0. The van der Waals surface area contributed by atoms with Crippen molar-refractivity contribution in [3.63, 3.8) is 0 Å².